The summed E-state index contributed by atoms with van der Waals surface area (Å²) in [6.07, 6.45) is 0.376. The Morgan fingerprint density at radius 2 is 2.21 bits per heavy atom. The van der Waals surface area contributed by atoms with Crippen molar-refractivity contribution in [2.24, 2.45) is 11.0 Å². The topological polar surface area (TPSA) is 77.0 Å². The molecule has 0 spiro atoms. The molecule has 0 bridgehead atoms. The minimum atomic E-state index is -0.349. The molecule has 2 amide bonds. The molecule has 2 aliphatic rings. The number of halogens is 1. The first-order chi connectivity index (χ1) is 13.9. The predicted octanol–water partition coefficient (Wildman–Crippen LogP) is 3.94. The molecule has 3 heterocycles. The number of hydrogen-bond acceptors (Lipinski definition) is 6. The first-order valence-corrected chi connectivity index (χ1v) is 10.7. The first-order valence-electron chi connectivity index (χ1n) is 9.49. The van der Waals surface area contributed by atoms with Crippen molar-refractivity contribution in [3.05, 3.63) is 45.6 Å². The van der Waals surface area contributed by atoms with Gasteiger partial charge in [-0.25, -0.2) is 0 Å². The number of amidine groups is 1. The van der Waals surface area contributed by atoms with Crippen molar-refractivity contribution in [1.29, 1.82) is 0 Å². The summed E-state index contributed by atoms with van der Waals surface area (Å²) in [5.41, 5.74) is 4.60. The molecule has 0 fully saturated rings. The highest BCUT2D eigenvalue weighted by Gasteiger charge is 2.43. The Morgan fingerprint density at radius 1 is 1.38 bits per heavy atom. The minimum Gasteiger partial charge on any atom is -0.326 e. The summed E-state index contributed by atoms with van der Waals surface area (Å²) in [4.78, 5) is 29.8. The number of thiophene rings is 1. The van der Waals surface area contributed by atoms with Crippen LogP contribution in [-0.2, 0) is 4.79 Å². The molecule has 1 aromatic carbocycles. The highest BCUT2D eigenvalue weighted by Crippen LogP contribution is 2.37. The number of carbonyl (C=O) groups excluding carboxylic acids is 2. The van der Waals surface area contributed by atoms with Crippen molar-refractivity contribution in [1.82, 2.24) is 10.3 Å². The third kappa shape index (κ3) is 3.95. The molecule has 1 atom stereocenters. The second-order valence-corrected chi connectivity index (χ2v) is 8.80. The molecule has 9 heteroatoms. The van der Waals surface area contributed by atoms with Crippen molar-refractivity contribution >= 4 is 52.0 Å². The van der Waals surface area contributed by atoms with E-state index in [1.165, 1.54) is 11.3 Å². The molecule has 1 unspecified atom stereocenters. The van der Waals surface area contributed by atoms with Crippen LogP contribution in [0, 0.1) is 5.92 Å². The van der Waals surface area contributed by atoms with Crippen LogP contribution in [0.2, 0.25) is 5.02 Å². The number of rotatable bonds is 6. The standard InChI is InChI=1S/C20H22ClN5O2S/c1-12(2)11-25-19(28)18-15(8-9-29-18)26-16(23-24-20(25)26)6-7-17(27)22-14-5-3-4-13(21)10-14/h3-5,8-10,12,20,24H,6-7,11H2,1-2H3,(H,22,27). The number of carbonyl (C=O) groups is 2. The Balaban J connectivity index is 1.47. The molecule has 2 aliphatic heterocycles. The lowest BCUT2D eigenvalue weighted by Gasteiger charge is -2.40. The van der Waals surface area contributed by atoms with Gasteiger partial charge in [-0.3, -0.25) is 24.8 Å². The van der Waals surface area contributed by atoms with Gasteiger partial charge in [0.1, 0.15) is 10.7 Å². The molecule has 29 heavy (non-hydrogen) atoms. The van der Waals surface area contributed by atoms with Gasteiger partial charge in [0, 0.05) is 30.1 Å². The maximum atomic E-state index is 12.9. The van der Waals surface area contributed by atoms with Crippen LogP contribution in [0.3, 0.4) is 0 Å². The lowest BCUT2D eigenvalue weighted by atomic mass is 10.1. The summed E-state index contributed by atoms with van der Waals surface area (Å²) in [6.45, 7) is 4.79. The number of nitrogens with one attached hydrogen (secondary N) is 2. The molecule has 7 nitrogen and oxygen atoms in total. The van der Waals surface area contributed by atoms with E-state index in [-0.39, 0.29) is 24.5 Å². The normalized spacial score (nSPS) is 17.7. The summed E-state index contributed by atoms with van der Waals surface area (Å²) >= 11 is 7.40. The highest BCUT2D eigenvalue weighted by molar-refractivity contribution is 7.12. The summed E-state index contributed by atoms with van der Waals surface area (Å²) in [5, 5.41) is 9.79. The fourth-order valence-corrected chi connectivity index (χ4v) is 4.55. The van der Waals surface area contributed by atoms with Crippen molar-refractivity contribution < 1.29 is 9.59 Å². The number of benzene rings is 1. The van der Waals surface area contributed by atoms with Gasteiger partial charge in [-0.05, 0) is 35.6 Å². The molecule has 0 radical (unpaired) electrons. The summed E-state index contributed by atoms with van der Waals surface area (Å²) < 4.78 is 0. The summed E-state index contributed by atoms with van der Waals surface area (Å²) in [7, 11) is 0. The van der Waals surface area contributed by atoms with Gasteiger partial charge in [-0.2, -0.15) is 5.10 Å². The second kappa shape index (κ2) is 8.04. The van der Waals surface area contributed by atoms with Gasteiger partial charge >= 0.3 is 0 Å². The molecule has 2 N–H and O–H groups in total. The highest BCUT2D eigenvalue weighted by atomic mass is 35.5. The van der Waals surface area contributed by atoms with Crippen molar-refractivity contribution in [2.75, 3.05) is 16.8 Å². The van der Waals surface area contributed by atoms with Crippen LogP contribution in [0.25, 0.3) is 0 Å². The largest absolute Gasteiger partial charge is 0.326 e. The zero-order chi connectivity index (χ0) is 20.5. The monoisotopic (exact) mass is 431 g/mol. The van der Waals surface area contributed by atoms with E-state index in [0.29, 0.717) is 34.5 Å². The summed E-state index contributed by atoms with van der Waals surface area (Å²) in [5.74, 6) is 0.984. The zero-order valence-electron chi connectivity index (χ0n) is 16.2. The number of anilines is 2. The molecule has 1 aromatic heterocycles. The van der Waals surface area contributed by atoms with Gasteiger partial charge in [0.2, 0.25) is 12.2 Å². The Kier molecular flexibility index (Phi) is 5.47. The minimum absolute atomic E-state index is 0.0209. The smallest absolute Gasteiger partial charge is 0.269 e. The Labute approximate surface area is 178 Å². The van der Waals surface area contributed by atoms with E-state index in [9.17, 15) is 9.59 Å². The quantitative estimate of drug-likeness (QED) is 0.726. The maximum absolute atomic E-state index is 12.9. The fraction of sp³-hybridized carbons (Fsp3) is 0.350. The van der Waals surface area contributed by atoms with E-state index in [4.69, 9.17) is 11.6 Å². The van der Waals surface area contributed by atoms with Crippen LogP contribution in [0.4, 0.5) is 11.4 Å². The van der Waals surface area contributed by atoms with Gasteiger partial charge in [-0.15, -0.1) is 11.3 Å². The van der Waals surface area contributed by atoms with Crippen LogP contribution >= 0.6 is 22.9 Å². The molecule has 2 aromatic rings. The van der Waals surface area contributed by atoms with Crippen LogP contribution < -0.4 is 15.6 Å². The second-order valence-electron chi connectivity index (χ2n) is 7.45. The number of amides is 2. The summed E-state index contributed by atoms with van der Waals surface area (Å²) in [6, 6.07) is 9.00. The average Bonchev–Trinajstić information content (AvgIpc) is 3.30. The lowest BCUT2D eigenvalue weighted by molar-refractivity contribution is -0.116. The van der Waals surface area contributed by atoms with Gasteiger partial charge < -0.3 is 5.32 Å². The van der Waals surface area contributed by atoms with Crippen LogP contribution in [-0.4, -0.2) is 35.4 Å². The van der Waals surface area contributed by atoms with E-state index >= 15 is 0 Å². The predicted molar refractivity (Wildman–Crippen MR) is 116 cm³/mol. The van der Waals surface area contributed by atoms with Crippen molar-refractivity contribution in [3.63, 3.8) is 0 Å². The van der Waals surface area contributed by atoms with Crippen molar-refractivity contribution in [3.8, 4) is 0 Å². The molecule has 4 rings (SSSR count). The maximum Gasteiger partial charge on any atom is 0.269 e. The van der Waals surface area contributed by atoms with Crippen molar-refractivity contribution in [2.45, 2.75) is 33.0 Å². The van der Waals surface area contributed by atoms with Crippen LogP contribution in [0.1, 0.15) is 36.4 Å². The molecule has 0 saturated heterocycles. The lowest BCUT2D eigenvalue weighted by Crippen LogP contribution is -2.59. The molecule has 0 saturated carbocycles. The number of hydrogen-bond donors (Lipinski definition) is 2. The Bertz CT molecular complexity index is 973. The molecule has 152 valence electrons. The number of fused-ring (bicyclic) bond motifs is 3. The molecule has 0 aliphatic carbocycles. The van der Waals surface area contributed by atoms with E-state index in [0.717, 1.165) is 11.5 Å². The zero-order valence-corrected chi connectivity index (χ0v) is 17.8. The Hall–Kier alpha value is -2.58. The molecular formula is C20H22ClN5O2S. The van der Waals surface area contributed by atoms with Gasteiger partial charge in [0.15, 0.2) is 0 Å². The number of nitrogens with zero attached hydrogens (tertiary/aromatic N) is 3. The Morgan fingerprint density at radius 3 is 2.97 bits per heavy atom. The van der Waals surface area contributed by atoms with E-state index < -0.39 is 0 Å². The van der Waals surface area contributed by atoms with Gasteiger partial charge in [-0.1, -0.05) is 31.5 Å². The first kappa shape index (κ1) is 19.7. The third-order valence-electron chi connectivity index (χ3n) is 4.73. The van der Waals surface area contributed by atoms with Gasteiger partial charge in [0.05, 0.1) is 5.69 Å². The average molecular weight is 432 g/mol. The number of hydrazone groups is 1. The fourth-order valence-electron chi connectivity index (χ4n) is 3.53. The van der Waals surface area contributed by atoms with Crippen LogP contribution in [0.15, 0.2) is 40.8 Å². The van der Waals surface area contributed by atoms with Crippen LogP contribution in [0.5, 0.6) is 0 Å². The third-order valence-corrected chi connectivity index (χ3v) is 5.86. The van der Waals surface area contributed by atoms with E-state index in [1.807, 2.05) is 21.2 Å². The SMILES string of the molecule is CC(C)CN1C(=O)c2sccc2N2C(CCC(=O)Nc3cccc(Cl)c3)=NNC12. The van der Waals surface area contributed by atoms with E-state index in [2.05, 4.69) is 29.7 Å². The van der Waals surface area contributed by atoms with Gasteiger partial charge in [0.25, 0.3) is 5.91 Å². The molecular weight excluding hydrogens is 410 g/mol. The van der Waals surface area contributed by atoms with E-state index in [1.54, 1.807) is 24.3 Å².